The van der Waals surface area contributed by atoms with Crippen LogP contribution >= 0.6 is 0 Å². The molecule has 0 aromatic rings. The van der Waals surface area contributed by atoms with E-state index in [-0.39, 0.29) is 23.8 Å². The highest BCUT2D eigenvalue weighted by molar-refractivity contribution is 5.78. The Morgan fingerprint density at radius 2 is 2.26 bits per heavy atom. The molecule has 1 saturated heterocycles. The van der Waals surface area contributed by atoms with Gasteiger partial charge in [-0.1, -0.05) is 6.42 Å². The van der Waals surface area contributed by atoms with Gasteiger partial charge in [-0.25, -0.2) is 0 Å². The molecule has 5 nitrogen and oxygen atoms in total. The molecule has 0 bridgehead atoms. The van der Waals surface area contributed by atoms with Crippen molar-refractivity contribution in [1.82, 2.24) is 10.6 Å². The molecule has 1 aliphatic carbocycles. The van der Waals surface area contributed by atoms with Crippen LogP contribution in [0.15, 0.2) is 0 Å². The predicted octanol–water partition coefficient (Wildman–Crippen LogP) is 0.976. The largest absolute Gasteiger partial charge is 0.466 e. The standard InChI is InChI=1S/C14H24N2O3/c1-2-19-14(18)10-4-3-5-11(8-10)15-9-12-6-7-13(17)16-12/h10-12,15H,2-9H2,1H3,(H,16,17). The summed E-state index contributed by atoms with van der Waals surface area (Å²) in [5, 5.41) is 6.44. The minimum absolute atomic E-state index is 0.0457. The normalized spacial score (nSPS) is 31.0. The Morgan fingerprint density at radius 3 is 2.95 bits per heavy atom. The quantitative estimate of drug-likeness (QED) is 0.729. The molecule has 1 saturated carbocycles. The van der Waals surface area contributed by atoms with Crippen LogP contribution in [0.2, 0.25) is 0 Å². The van der Waals surface area contributed by atoms with Gasteiger partial charge >= 0.3 is 5.97 Å². The minimum Gasteiger partial charge on any atom is -0.466 e. The third kappa shape index (κ3) is 4.20. The molecular weight excluding hydrogens is 244 g/mol. The molecule has 1 amide bonds. The van der Waals surface area contributed by atoms with Gasteiger partial charge in [0.2, 0.25) is 5.91 Å². The number of carbonyl (C=O) groups excluding carboxylic acids is 2. The first-order valence-electron chi connectivity index (χ1n) is 7.38. The summed E-state index contributed by atoms with van der Waals surface area (Å²) in [6.07, 6.45) is 5.54. The van der Waals surface area contributed by atoms with Crippen molar-refractivity contribution in [2.45, 2.75) is 57.5 Å². The second kappa shape index (κ2) is 6.89. The molecule has 1 aliphatic heterocycles. The van der Waals surface area contributed by atoms with Crippen LogP contribution in [0.3, 0.4) is 0 Å². The number of hydrogen-bond acceptors (Lipinski definition) is 4. The first-order chi connectivity index (χ1) is 9.19. The maximum absolute atomic E-state index is 11.7. The van der Waals surface area contributed by atoms with Crippen LogP contribution in [-0.4, -0.2) is 37.1 Å². The van der Waals surface area contributed by atoms with Crippen molar-refractivity contribution < 1.29 is 14.3 Å². The Hall–Kier alpha value is -1.10. The fourth-order valence-electron chi connectivity index (χ4n) is 2.99. The maximum atomic E-state index is 11.7. The Labute approximate surface area is 114 Å². The summed E-state index contributed by atoms with van der Waals surface area (Å²) in [6, 6.07) is 0.635. The minimum atomic E-state index is -0.0526. The van der Waals surface area contributed by atoms with E-state index in [0.717, 1.165) is 38.6 Å². The molecule has 3 atom stereocenters. The fourth-order valence-corrected chi connectivity index (χ4v) is 2.99. The van der Waals surface area contributed by atoms with E-state index in [9.17, 15) is 9.59 Å². The third-order valence-corrected chi connectivity index (χ3v) is 4.03. The van der Waals surface area contributed by atoms with Crippen LogP contribution in [0, 0.1) is 5.92 Å². The third-order valence-electron chi connectivity index (χ3n) is 4.03. The van der Waals surface area contributed by atoms with Gasteiger partial charge in [0.05, 0.1) is 12.5 Å². The SMILES string of the molecule is CCOC(=O)C1CCCC(NCC2CCC(=O)N2)C1. The average Bonchev–Trinajstić information content (AvgIpc) is 2.83. The van der Waals surface area contributed by atoms with Crippen LogP contribution < -0.4 is 10.6 Å². The smallest absolute Gasteiger partial charge is 0.308 e. The fraction of sp³-hybridized carbons (Fsp3) is 0.857. The Balaban J connectivity index is 1.71. The Bertz CT molecular complexity index is 333. The summed E-state index contributed by atoms with van der Waals surface area (Å²) in [7, 11) is 0. The molecule has 19 heavy (non-hydrogen) atoms. The van der Waals surface area contributed by atoms with Gasteiger partial charge in [-0.15, -0.1) is 0 Å². The van der Waals surface area contributed by atoms with Crippen LogP contribution in [0.4, 0.5) is 0 Å². The summed E-state index contributed by atoms with van der Waals surface area (Å²) in [5.41, 5.74) is 0. The van der Waals surface area contributed by atoms with E-state index >= 15 is 0 Å². The van der Waals surface area contributed by atoms with E-state index in [0.29, 0.717) is 19.1 Å². The number of carbonyl (C=O) groups is 2. The first kappa shape index (κ1) is 14.3. The lowest BCUT2D eigenvalue weighted by Gasteiger charge is -2.29. The molecule has 0 spiro atoms. The Kier molecular flexibility index (Phi) is 5.19. The maximum Gasteiger partial charge on any atom is 0.308 e. The summed E-state index contributed by atoms with van der Waals surface area (Å²) < 4.78 is 5.10. The van der Waals surface area contributed by atoms with Crippen molar-refractivity contribution in [3.63, 3.8) is 0 Å². The van der Waals surface area contributed by atoms with Crippen molar-refractivity contribution in [3.8, 4) is 0 Å². The van der Waals surface area contributed by atoms with Crippen molar-refractivity contribution in [1.29, 1.82) is 0 Å². The van der Waals surface area contributed by atoms with Crippen LogP contribution in [0.25, 0.3) is 0 Å². The van der Waals surface area contributed by atoms with E-state index in [1.54, 1.807) is 0 Å². The number of esters is 1. The van der Waals surface area contributed by atoms with Crippen molar-refractivity contribution in [2.24, 2.45) is 5.92 Å². The van der Waals surface area contributed by atoms with E-state index in [2.05, 4.69) is 10.6 Å². The Morgan fingerprint density at radius 1 is 1.42 bits per heavy atom. The number of amides is 1. The van der Waals surface area contributed by atoms with Gasteiger partial charge in [-0.05, 0) is 32.6 Å². The summed E-state index contributed by atoms with van der Waals surface area (Å²) >= 11 is 0. The lowest BCUT2D eigenvalue weighted by Crippen LogP contribution is -2.43. The molecule has 2 N–H and O–H groups in total. The molecule has 5 heteroatoms. The van der Waals surface area contributed by atoms with Crippen molar-refractivity contribution >= 4 is 11.9 Å². The molecule has 2 fully saturated rings. The number of nitrogens with one attached hydrogen (secondary N) is 2. The molecule has 0 aromatic heterocycles. The predicted molar refractivity (Wildman–Crippen MR) is 71.5 cm³/mol. The summed E-state index contributed by atoms with van der Waals surface area (Å²) in [5.74, 6) is 0.146. The molecule has 2 rings (SSSR count). The van der Waals surface area contributed by atoms with Gasteiger partial charge in [0, 0.05) is 25.0 Å². The lowest BCUT2D eigenvalue weighted by atomic mass is 9.85. The zero-order valence-electron chi connectivity index (χ0n) is 11.6. The van der Waals surface area contributed by atoms with Crippen LogP contribution in [0.1, 0.15) is 45.4 Å². The van der Waals surface area contributed by atoms with Crippen molar-refractivity contribution in [2.75, 3.05) is 13.2 Å². The zero-order valence-corrected chi connectivity index (χ0v) is 11.6. The van der Waals surface area contributed by atoms with E-state index in [1.807, 2.05) is 6.92 Å². The molecule has 0 radical (unpaired) electrons. The monoisotopic (exact) mass is 268 g/mol. The van der Waals surface area contributed by atoms with E-state index < -0.39 is 0 Å². The van der Waals surface area contributed by atoms with Crippen LogP contribution in [-0.2, 0) is 14.3 Å². The second-order valence-electron chi connectivity index (χ2n) is 5.52. The highest BCUT2D eigenvalue weighted by Crippen LogP contribution is 2.25. The average molecular weight is 268 g/mol. The van der Waals surface area contributed by atoms with Crippen LogP contribution in [0.5, 0.6) is 0 Å². The number of rotatable bonds is 5. The molecular formula is C14H24N2O3. The van der Waals surface area contributed by atoms with Gasteiger partial charge in [0.15, 0.2) is 0 Å². The van der Waals surface area contributed by atoms with Crippen molar-refractivity contribution in [3.05, 3.63) is 0 Å². The highest BCUT2D eigenvalue weighted by Gasteiger charge is 2.29. The molecule has 1 heterocycles. The lowest BCUT2D eigenvalue weighted by molar-refractivity contribution is -0.149. The number of ether oxygens (including phenoxy) is 1. The number of hydrogen-bond donors (Lipinski definition) is 2. The topological polar surface area (TPSA) is 67.4 Å². The zero-order chi connectivity index (χ0) is 13.7. The summed E-state index contributed by atoms with van der Waals surface area (Å²) in [6.45, 7) is 3.12. The molecule has 3 unspecified atom stereocenters. The van der Waals surface area contributed by atoms with Gasteiger partial charge in [0.25, 0.3) is 0 Å². The first-order valence-corrected chi connectivity index (χ1v) is 7.38. The second-order valence-corrected chi connectivity index (χ2v) is 5.52. The van der Waals surface area contributed by atoms with Gasteiger partial charge < -0.3 is 15.4 Å². The van der Waals surface area contributed by atoms with E-state index in [1.165, 1.54) is 0 Å². The molecule has 2 aliphatic rings. The molecule has 108 valence electrons. The van der Waals surface area contributed by atoms with E-state index in [4.69, 9.17) is 4.74 Å². The van der Waals surface area contributed by atoms with Gasteiger partial charge in [-0.3, -0.25) is 9.59 Å². The summed E-state index contributed by atoms with van der Waals surface area (Å²) in [4.78, 5) is 22.9. The highest BCUT2D eigenvalue weighted by atomic mass is 16.5. The molecule has 0 aromatic carbocycles. The van der Waals surface area contributed by atoms with Gasteiger partial charge in [0.1, 0.15) is 0 Å². The van der Waals surface area contributed by atoms with Gasteiger partial charge in [-0.2, -0.15) is 0 Å².